The van der Waals surface area contributed by atoms with E-state index in [1.54, 1.807) is 6.92 Å². The molecular weight excluding hydrogens is 298 g/mol. The van der Waals surface area contributed by atoms with Crippen LogP contribution < -0.4 is 0 Å². The van der Waals surface area contributed by atoms with E-state index in [1.807, 2.05) is 80.6 Å². The number of aromatic amines is 1. The maximum atomic E-state index is 12.2. The monoisotopic (exact) mass is 323 g/mol. The summed E-state index contributed by atoms with van der Waals surface area (Å²) in [5.74, 6) is -0.330. The number of rotatable bonds is 4. The average molecular weight is 323 g/mol. The summed E-state index contributed by atoms with van der Waals surface area (Å²) in [6, 6.07) is 21.8. The quantitative estimate of drug-likeness (QED) is 0.617. The van der Waals surface area contributed by atoms with E-state index in [-0.39, 0.29) is 7.40 Å². The van der Waals surface area contributed by atoms with Gasteiger partial charge in [0, 0.05) is 12.7 Å². The van der Waals surface area contributed by atoms with Crippen LogP contribution in [0.1, 0.15) is 32.7 Å². The Kier molecular flexibility index (Phi) is 6.38. The lowest BCUT2D eigenvalue weighted by molar-refractivity contribution is 0.0521. The van der Waals surface area contributed by atoms with Crippen LogP contribution in [-0.4, -0.2) is 17.6 Å². The van der Waals surface area contributed by atoms with Gasteiger partial charge in [-0.25, -0.2) is 4.79 Å². The third-order valence-corrected chi connectivity index (χ3v) is 3.47. The summed E-state index contributed by atoms with van der Waals surface area (Å²) in [4.78, 5) is 15.4. The normalized spacial score (nSPS) is 9.79. The van der Waals surface area contributed by atoms with E-state index >= 15 is 0 Å². The minimum absolute atomic E-state index is 0. The van der Waals surface area contributed by atoms with Crippen LogP contribution in [0.25, 0.3) is 22.4 Å². The van der Waals surface area contributed by atoms with Crippen molar-refractivity contribution < 1.29 is 11.0 Å². The Labute approximate surface area is 144 Å². The van der Waals surface area contributed by atoms with Crippen LogP contribution in [0.4, 0.5) is 0 Å². The highest BCUT2D eigenvalue weighted by molar-refractivity contribution is 5.97. The zero-order valence-electron chi connectivity index (χ0n) is 14.4. The largest absolute Gasteiger partial charge is 0.461 e. The first-order valence-corrected chi connectivity index (χ1v) is 8.30. The van der Waals surface area contributed by atoms with Crippen molar-refractivity contribution in [2.75, 3.05) is 6.61 Å². The van der Waals surface area contributed by atoms with Gasteiger partial charge in [-0.15, -0.1) is 0 Å². The maximum Gasteiger partial charge on any atom is 0.355 e. The molecule has 0 aliphatic rings. The number of benzene rings is 2. The number of hydrogen-bond donors (Lipinski definition) is 1. The number of esters is 1. The van der Waals surface area contributed by atoms with E-state index in [1.165, 1.54) is 0 Å². The first kappa shape index (κ1) is 17.5. The van der Waals surface area contributed by atoms with Gasteiger partial charge >= 0.3 is 5.97 Å². The summed E-state index contributed by atoms with van der Waals surface area (Å²) in [7, 11) is 0. The minimum atomic E-state index is -0.330. The highest BCUT2D eigenvalue weighted by Gasteiger charge is 2.18. The molecule has 126 valence electrons. The van der Waals surface area contributed by atoms with E-state index in [0.29, 0.717) is 12.3 Å². The first-order valence-electron chi connectivity index (χ1n) is 8.30. The van der Waals surface area contributed by atoms with Crippen molar-refractivity contribution in [2.45, 2.75) is 20.8 Å². The van der Waals surface area contributed by atoms with Crippen molar-refractivity contribution in [1.29, 1.82) is 0 Å². The lowest BCUT2D eigenvalue weighted by Crippen LogP contribution is -2.06. The predicted molar refractivity (Wildman–Crippen MR) is 101 cm³/mol. The Morgan fingerprint density at radius 1 is 0.958 bits per heavy atom. The van der Waals surface area contributed by atoms with Crippen molar-refractivity contribution >= 4 is 5.97 Å². The van der Waals surface area contributed by atoms with E-state index in [0.717, 1.165) is 22.4 Å². The third-order valence-electron chi connectivity index (χ3n) is 3.47. The van der Waals surface area contributed by atoms with Crippen molar-refractivity contribution in [1.82, 2.24) is 4.98 Å². The van der Waals surface area contributed by atoms with Gasteiger partial charge in [-0.3, -0.25) is 0 Å². The molecule has 3 rings (SSSR count). The molecule has 2 aromatic carbocycles. The predicted octanol–water partition coefficient (Wildman–Crippen LogP) is 5.80. The highest BCUT2D eigenvalue weighted by Crippen LogP contribution is 2.30. The zero-order valence-corrected chi connectivity index (χ0v) is 14.4. The third kappa shape index (κ3) is 3.93. The molecule has 0 atom stereocenters. The standard InChI is InChI=1S/C19H17NO2.C2H6.H2/c1-2-22-19(21)18-16(14-9-5-3-6-10-14)13-17(20-18)15-11-7-4-8-12-15;1-2;/h3-13,20H,2H2,1H3;1-2H3;1H. The van der Waals surface area contributed by atoms with Gasteiger partial charge in [0.25, 0.3) is 0 Å². The SMILES string of the molecule is CC.CCOC(=O)c1[nH]c(-c2ccccc2)cc1-c1ccccc1.[HH]. The summed E-state index contributed by atoms with van der Waals surface area (Å²) in [6.45, 7) is 6.16. The molecule has 1 N–H and O–H groups in total. The summed E-state index contributed by atoms with van der Waals surface area (Å²) < 4.78 is 5.17. The average Bonchev–Trinajstić information content (AvgIpc) is 3.11. The lowest BCUT2D eigenvalue weighted by atomic mass is 10.0. The van der Waals surface area contributed by atoms with E-state index in [4.69, 9.17) is 4.74 Å². The van der Waals surface area contributed by atoms with Gasteiger partial charge in [0.05, 0.1) is 6.61 Å². The molecule has 0 saturated carbocycles. The Balaban J connectivity index is 0.00000101. The van der Waals surface area contributed by atoms with Gasteiger partial charge in [0.2, 0.25) is 0 Å². The Hall–Kier alpha value is -2.81. The number of hydrogen-bond acceptors (Lipinski definition) is 2. The molecule has 0 bridgehead atoms. The molecule has 0 aliphatic heterocycles. The minimum Gasteiger partial charge on any atom is -0.461 e. The molecule has 24 heavy (non-hydrogen) atoms. The Morgan fingerprint density at radius 2 is 1.50 bits per heavy atom. The molecule has 1 heterocycles. The molecule has 3 aromatic rings. The summed E-state index contributed by atoms with van der Waals surface area (Å²) in [5, 5.41) is 0. The van der Waals surface area contributed by atoms with E-state index in [2.05, 4.69) is 4.98 Å². The molecule has 3 heteroatoms. The molecule has 0 fully saturated rings. The van der Waals surface area contributed by atoms with Gasteiger partial charge in [-0.05, 0) is 24.1 Å². The fourth-order valence-corrected chi connectivity index (χ4v) is 2.44. The van der Waals surface area contributed by atoms with Gasteiger partial charge in [0.1, 0.15) is 5.69 Å². The van der Waals surface area contributed by atoms with Crippen molar-refractivity contribution in [3.05, 3.63) is 72.4 Å². The second kappa shape index (κ2) is 8.73. The van der Waals surface area contributed by atoms with Crippen molar-refractivity contribution in [2.24, 2.45) is 0 Å². The summed E-state index contributed by atoms with van der Waals surface area (Å²) in [6.07, 6.45) is 0. The topological polar surface area (TPSA) is 42.1 Å². The number of carbonyl (C=O) groups excluding carboxylic acids is 1. The Bertz CT molecular complexity index is 767. The van der Waals surface area contributed by atoms with E-state index < -0.39 is 0 Å². The summed E-state index contributed by atoms with van der Waals surface area (Å²) in [5.41, 5.74) is 4.28. The number of aromatic nitrogens is 1. The maximum absolute atomic E-state index is 12.2. The molecule has 0 spiro atoms. The number of nitrogens with one attached hydrogen (secondary N) is 1. The molecule has 0 unspecified atom stereocenters. The van der Waals surface area contributed by atoms with Crippen LogP contribution >= 0.6 is 0 Å². The molecule has 0 aliphatic carbocycles. The number of carbonyl (C=O) groups is 1. The van der Waals surface area contributed by atoms with Gasteiger partial charge < -0.3 is 9.72 Å². The molecule has 1 aromatic heterocycles. The van der Waals surface area contributed by atoms with Crippen molar-refractivity contribution in [3.8, 4) is 22.4 Å². The number of H-pyrrole nitrogens is 1. The van der Waals surface area contributed by atoms with Crippen LogP contribution in [-0.2, 0) is 4.74 Å². The van der Waals surface area contributed by atoms with Crippen LogP contribution in [0, 0.1) is 0 Å². The fourth-order valence-electron chi connectivity index (χ4n) is 2.44. The van der Waals surface area contributed by atoms with Crippen LogP contribution in [0.15, 0.2) is 66.7 Å². The number of ether oxygens (including phenoxy) is 1. The lowest BCUT2D eigenvalue weighted by Gasteiger charge is -2.03. The van der Waals surface area contributed by atoms with Crippen LogP contribution in [0.3, 0.4) is 0 Å². The zero-order chi connectivity index (χ0) is 17.4. The smallest absolute Gasteiger partial charge is 0.355 e. The fraction of sp³-hybridized carbons (Fsp3) is 0.190. The Morgan fingerprint density at radius 3 is 2.04 bits per heavy atom. The van der Waals surface area contributed by atoms with Gasteiger partial charge in [0.15, 0.2) is 0 Å². The second-order valence-corrected chi connectivity index (χ2v) is 4.92. The first-order chi connectivity index (χ1) is 11.8. The molecule has 0 amide bonds. The molecule has 0 radical (unpaired) electrons. The van der Waals surface area contributed by atoms with Gasteiger partial charge in [-0.1, -0.05) is 74.5 Å². The molecular formula is C21H25NO2. The van der Waals surface area contributed by atoms with Crippen LogP contribution in [0.2, 0.25) is 0 Å². The van der Waals surface area contributed by atoms with Crippen molar-refractivity contribution in [3.63, 3.8) is 0 Å². The van der Waals surface area contributed by atoms with E-state index in [9.17, 15) is 4.79 Å². The molecule has 0 saturated heterocycles. The van der Waals surface area contributed by atoms with Gasteiger partial charge in [-0.2, -0.15) is 0 Å². The van der Waals surface area contributed by atoms with Crippen LogP contribution in [0.5, 0.6) is 0 Å². The molecule has 3 nitrogen and oxygen atoms in total. The second-order valence-electron chi connectivity index (χ2n) is 4.92. The summed E-state index contributed by atoms with van der Waals surface area (Å²) >= 11 is 0. The highest BCUT2D eigenvalue weighted by atomic mass is 16.5.